The molecule has 0 aromatic heterocycles. The van der Waals surface area contributed by atoms with Gasteiger partial charge in [0.05, 0.1) is 6.54 Å². The lowest BCUT2D eigenvalue weighted by Gasteiger charge is -2.08. The Bertz CT molecular complexity index is 130. The van der Waals surface area contributed by atoms with Crippen LogP contribution in [-0.4, -0.2) is 28.1 Å². The fraction of sp³-hybridized carbons (Fsp3) is 0.800. The summed E-state index contributed by atoms with van der Waals surface area (Å²) in [7, 11) is 0. The average Bonchev–Trinajstić information content (AvgIpc) is 2.14. The number of nitrogens with zero attached hydrogens (tertiary/aromatic N) is 1. The molecule has 0 aromatic carbocycles. The van der Waals surface area contributed by atoms with Crippen molar-refractivity contribution in [3.8, 4) is 0 Å². The molecule has 0 N–H and O–H groups in total. The molecule has 52 valence electrons. The number of carbonyl (C=O) groups excluding carboxylic acids is 1. The molecule has 0 spiro atoms. The molecule has 0 aromatic rings. The van der Waals surface area contributed by atoms with Crippen molar-refractivity contribution in [2.24, 2.45) is 0 Å². The van der Waals surface area contributed by atoms with E-state index in [0.717, 1.165) is 0 Å². The van der Waals surface area contributed by atoms with Gasteiger partial charge in [-0.25, -0.2) is 4.39 Å². The van der Waals surface area contributed by atoms with E-state index in [-0.39, 0.29) is 3.91 Å². The minimum absolute atomic E-state index is 0.0484. The smallest absolute Gasteiger partial charge is 0.283 e. The highest BCUT2D eigenvalue weighted by atomic mass is 127. The predicted molar refractivity (Wildman–Crippen MR) is 40.5 cm³/mol. The number of carbonyl (C=O) groups is 1. The Balaban J connectivity index is 2.39. The summed E-state index contributed by atoms with van der Waals surface area (Å²) in [5, 5.41) is 0. The summed E-state index contributed by atoms with van der Waals surface area (Å²) >= 11 is 1.67. The van der Waals surface area contributed by atoms with Gasteiger partial charge in [0.1, 0.15) is 6.17 Å². The van der Waals surface area contributed by atoms with Crippen LogP contribution >= 0.6 is 22.6 Å². The maximum Gasteiger partial charge on any atom is 0.283 e. The highest BCUT2D eigenvalue weighted by Crippen LogP contribution is 2.14. The van der Waals surface area contributed by atoms with Gasteiger partial charge in [0, 0.05) is 29.1 Å². The monoisotopic (exact) mass is 243 g/mol. The first kappa shape index (κ1) is 7.24. The van der Waals surface area contributed by atoms with Gasteiger partial charge in [-0.2, -0.15) is 0 Å². The number of alkyl halides is 1. The number of amides is 1. The third-order valence-corrected chi connectivity index (χ3v) is 2.06. The van der Waals surface area contributed by atoms with Crippen LogP contribution in [0.25, 0.3) is 0 Å². The Morgan fingerprint density at radius 2 is 2.44 bits per heavy atom. The first-order valence-electron chi connectivity index (χ1n) is 2.78. The van der Waals surface area contributed by atoms with Crippen LogP contribution in [0.2, 0.25) is 0 Å². The Morgan fingerprint density at radius 1 is 1.78 bits per heavy atom. The molecular weight excluding hydrogens is 236 g/mol. The van der Waals surface area contributed by atoms with E-state index in [1.165, 1.54) is 4.90 Å². The van der Waals surface area contributed by atoms with Crippen molar-refractivity contribution in [2.45, 2.75) is 12.6 Å². The third-order valence-electron chi connectivity index (χ3n) is 1.38. The first-order valence-corrected chi connectivity index (χ1v) is 3.86. The van der Waals surface area contributed by atoms with E-state index >= 15 is 0 Å². The van der Waals surface area contributed by atoms with Crippen LogP contribution in [0.15, 0.2) is 0 Å². The van der Waals surface area contributed by atoms with Gasteiger partial charge >= 0.3 is 0 Å². The minimum Gasteiger partial charge on any atom is -0.331 e. The molecule has 1 atom stereocenters. The molecule has 1 amide bonds. The lowest BCUT2D eigenvalue weighted by atomic mass is 10.4. The fourth-order valence-electron chi connectivity index (χ4n) is 0.877. The van der Waals surface area contributed by atoms with Crippen molar-refractivity contribution in [3.05, 3.63) is 0 Å². The second-order valence-electron chi connectivity index (χ2n) is 2.08. The SMILES string of the molecule is O=C(I)N1CC[C@H](F)C1. The second kappa shape index (κ2) is 2.81. The summed E-state index contributed by atoms with van der Waals surface area (Å²) in [6.45, 7) is 0.880. The van der Waals surface area contributed by atoms with E-state index in [9.17, 15) is 9.18 Å². The zero-order valence-electron chi connectivity index (χ0n) is 4.81. The van der Waals surface area contributed by atoms with E-state index in [4.69, 9.17) is 0 Å². The number of rotatable bonds is 0. The van der Waals surface area contributed by atoms with Gasteiger partial charge in [0.15, 0.2) is 0 Å². The van der Waals surface area contributed by atoms with Crippen molar-refractivity contribution in [3.63, 3.8) is 0 Å². The molecule has 9 heavy (non-hydrogen) atoms. The third kappa shape index (κ3) is 1.77. The standard InChI is InChI=1S/C5H7FINO/c6-4-1-2-8(3-4)5(7)9/h4H,1-3H2/t4-/m0/s1. The summed E-state index contributed by atoms with van der Waals surface area (Å²) in [6.07, 6.45) is -0.280. The second-order valence-corrected chi connectivity index (χ2v) is 3.01. The molecule has 0 saturated carbocycles. The zero-order chi connectivity index (χ0) is 6.85. The van der Waals surface area contributed by atoms with Gasteiger partial charge < -0.3 is 4.90 Å². The first-order chi connectivity index (χ1) is 4.20. The Kier molecular flexibility index (Phi) is 2.26. The number of likely N-dealkylation sites (tertiary alicyclic amines) is 1. The highest BCUT2D eigenvalue weighted by Gasteiger charge is 2.23. The zero-order valence-corrected chi connectivity index (χ0v) is 6.97. The van der Waals surface area contributed by atoms with Crippen LogP contribution in [-0.2, 0) is 0 Å². The van der Waals surface area contributed by atoms with Gasteiger partial charge in [-0.15, -0.1) is 0 Å². The molecule has 1 aliphatic rings. The molecule has 0 radical (unpaired) electrons. The fourth-order valence-corrected chi connectivity index (χ4v) is 1.32. The summed E-state index contributed by atoms with van der Waals surface area (Å²) in [5.74, 6) is 0. The molecular formula is C5H7FINO. The Hall–Kier alpha value is 0.130. The summed E-state index contributed by atoms with van der Waals surface area (Å²) in [4.78, 5) is 12.1. The maximum atomic E-state index is 12.3. The van der Waals surface area contributed by atoms with Gasteiger partial charge in [-0.3, -0.25) is 4.79 Å². The van der Waals surface area contributed by atoms with E-state index in [0.29, 0.717) is 19.5 Å². The van der Waals surface area contributed by atoms with Crippen LogP contribution in [0.4, 0.5) is 9.18 Å². The van der Waals surface area contributed by atoms with Crippen molar-refractivity contribution in [1.82, 2.24) is 4.90 Å². The Labute approximate surface area is 66.5 Å². The topological polar surface area (TPSA) is 20.3 Å². The number of hydrogen-bond donors (Lipinski definition) is 0. The van der Waals surface area contributed by atoms with Crippen molar-refractivity contribution >= 4 is 26.5 Å². The summed E-state index contributed by atoms with van der Waals surface area (Å²) in [5.41, 5.74) is 0. The van der Waals surface area contributed by atoms with Crippen LogP contribution < -0.4 is 0 Å². The maximum absolute atomic E-state index is 12.3. The molecule has 0 unspecified atom stereocenters. The molecule has 4 heteroatoms. The van der Waals surface area contributed by atoms with Gasteiger partial charge in [0.25, 0.3) is 3.91 Å². The van der Waals surface area contributed by atoms with Gasteiger partial charge in [-0.05, 0) is 6.42 Å². The molecule has 1 fully saturated rings. The lowest BCUT2D eigenvalue weighted by Crippen LogP contribution is -2.22. The highest BCUT2D eigenvalue weighted by molar-refractivity contribution is 14.1. The van der Waals surface area contributed by atoms with Gasteiger partial charge in [0.2, 0.25) is 0 Å². The summed E-state index contributed by atoms with van der Waals surface area (Å²) < 4.78 is 12.3. The number of hydrogen-bond acceptors (Lipinski definition) is 1. The largest absolute Gasteiger partial charge is 0.331 e. The van der Waals surface area contributed by atoms with Crippen molar-refractivity contribution in [2.75, 3.05) is 13.1 Å². The minimum atomic E-state index is -0.788. The normalized spacial score (nSPS) is 26.9. The van der Waals surface area contributed by atoms with Crippen molar-refractivity contribution in [1.29, 1.82) is 0 Å². The van der Waals surface area contributed by atoms with Crippen molar-refractivity contribution < 1.29 is 9.18 Å². The average molecular weight is 243 g/mol. The number of halogens is 2. The van der Waals surface area contributed by atoms with Crippen LogP contribution in [0, 0.1) is 0 Å². The van der Waals surface area contributed by atoms with Crippen LogP contribution in [0.5, 0.6) is 0 Å². The molecule has 1 rings (SSSR count). The quantitative estimate of drug-likeness (QED) is 0.359. The summed E-state index contributed by atoms with van der Waals surface area (Å²) in [6, 6.07) is 0. The Morgan fingerprint density at radius 3 is 2.67 bits per heavy atom. The molecule has 0 aliphatic carbocycles. The van der Waals surface area contributed by atoms with E-state index in [1.54, 1.807) is 22.6 Å². The van der Waals surface area contributed by atoms with Crippen LogP contribution in [0.1, 0.15) is 6.42 Å². The van der Waals surface area contributed by atoms with E-state index in [2.05, 4.69) is 0 Å². The molecule has 1 aliphatic heterocycles. The molecule has 0 bridgehead atoms. The molecule has 1 heterocycles. The molecule has 1 saturated heterocycles. The lowest BCUT2D eigenvalue weighted by molar-refractivity contribution is 0.231. The molecule has 2 nitrogen and oxygen atoms in total. The van der Waals surface area contributed by atoms with Crippen LogP contribution in [0.3, 0.4) is 0 Å². The predicted octanol–water partition coefficient (Wildman–Crippen LogP) is 1.59. The van der Waals surface area contributed by atoms with Gasteiger partial charge in [-0.1, -0.05) is 0 Å². The van der Waals surface area contributed by atoms with E-state index < -0.39 is 6.17 Å². The van der Waals surface area contributed by atoms with E-state index in [1.807, 2.05) is 0 Å².